The fraction of sp³-hybridized carbons (Fsp3) is 0.200. The molecule has 2 aromatic heterocycles. The van der Waals surface area contributed by atoms with Gasteiger partial charge in [0.05, 0.1) is 16.6 Å². The van der Waals surface area contributed by atoms with E-state index in [9.17, 15) is 9.90 Å². The molecule has 1 N–H and O–H groups in total. The lowest BCUT2D eigenvalue weighted by Crippen LogP contribution is -2.08. The molecule has 1 amide bonds. The molecular weight excluding hydrogens is 342 g/mol. The molecule has 27 heavy (non-hydrogen) atoms. The van der Waals surface area contributed by atoms with Gasteiger partial charge < -0.3 is 14.2 Å². The first-order valence-corrected chi connectivity index (χ1v) is 8.76. The maximum Gasteiger partial charge on any atom is 0.284 e. The Morgan fingerprint density at radius 2 is 1.78 bits per heavy atom. The third-order valence-corrected chi connectivity index (χ3v) is 4.63. The third kappa shape index (κ3) is 2.87. The van der Waals surface area contributed by atoms with Crippen molar-refractivity contribution in [1.29, 1.82) is 0 Å². The summed E-state index contributed by atoms with van der Waals surface area (Å²) in [6.07, 6.45) is 0. The minimum absolute atomic E-state index is 0.0134. The topological polar surface area (TPSA) is 84.8 Å². The van der Waals surface area contributed by atoms with Crippen LogP contribution >= 0.6 is 0 Å². The molecule has 0 unspecified atom stereocenters. The van der Waals surface area contributed by atoms with Gasteiger partial charge in [0.2, 0.25) is 5.88 Å². The van der Waals surface area contributed by atoms with Crippen LogP contribution in [0.3, 0.4) is 0 Å². The number of aryl methyl sites for hydroxylation is 2. The van der Waals surface area contributed by atoms with Crippen molar-refractivity contribution < 1.29 is 9.90 Å². The Bertz CT molecular complexity index is 1190. The molecule has 4 rings (SSSR count). The molecule has 136 valence electrons. The van der Waals surface area contributed by atoms with Crippen molar-refractivity contribution in [3.63, 3.8) is 0 Å². The van der Waals surface area contributed by atoms with Gasteiger partial charge in [-0.1, -0.05) is 30.3 Å². The molecule has 2 aromatic carbocycles. The van der Waals surface area contributed by atoms with E-state index in [1.807, 2.05) is 66.9 Å². The van der Waals surface area contributed by atoms with Crippen molar-refractivity contribution in [3.05, 3.63) is 54.4 Å². The van der Waals surface area contributed by atoms with Gasteiger partial charge in [-0.2, -0.15) is 0 Å². The van der Waals surface area contributed by atoms with Crippen LogP contribution in [0.5, 0.6) is 5.88 Å². The lowest BCUT2D eigenvalue weighted by Gasteiger charge is -2.02. The summed E-state index contributed by atoms with van der Waals surface area (Å²) in [5.74, 6) is 0.346. The number of amides is 1. The normalized spacial score (nSPS) is 11.8. The Labute approximate surface area is 155 Å². The van der Waals surface area contributed by atoms with Crippen LogP contribution in [0, 0.1) is 6.92 Å². The summed E-state index contributed by atoms with van der Waals surface area (Å²) in [5.41, 5.74) is 2.88. The highest BCUT2D eigenvalue weighted by atomic mass is 16.3. The molecule has 0 saturated heterocycles. The van der Waals surface area contributed by atoms with Gasteiger partial charge in [0, 0.05) is 11.9 Å². The second-order valence-corrected chi connectivity index (χ2v) is 6.26. The zero-order valence-corrected chi connectivity index (χ0v) is 15.1. The van der Waals surface area contributed by atoms with Gasteiger partial charge in [-0.25, -0.2) is 4.98 Å². The highest BCUT2D eigenvalue weighted by molar-refractivity contribution is 5.95. The molecule has 0 aliphatic rings. The average Bonchev–Trinajstić information content (AvgIpc) is 3.13. The zero-order chi connectivity index (χ0) is 19.0. The van der Waals surface area contributed by atoms with Crippen molar-refractivity contribution in [2.24, 2.45) is 10.2 Å². The van der Waals surface area contributed by atoms with E-state index in [2.05, 4.69) is 15.2 Å². The predicted molar refractivity (Wildman–Crippen MR) is 103 cm³/mol. The number of aromatic hydroxyl groups is 1. The summed E-state index contributed by atoms with van der Waals surface area (Å²) in [5, 5.41) is 19.1. The van der Waals surface area contributed by atoms with Gasteiger partial charge in [0.25, 0.3) is 5.91 Å². The highest BCUT2D eigenvalue weighted by Gasteiger charge is 2.16. The van der Waals surface area contributed by atoms with Crippen LogP contribution in [0.1, 0.15) is 12.7 Å². The Morgan fingerprint density at radius 1 is 1.07 bits per heavy atom. The van der Waals surface area contributed by atoms with Gasteiger partial charge in [-0.3, -0.25) is 4.79 Å². The number of carbonyl (C=O) groups excluding carboxylic acids is 1. The SMILES string of the molecule is CCn1c(O)c(N=NC(=O)Cn2c(C)nc3ccccc32)c2ccccc21. The van der Waals surface area contributed by atoms with E-state index in [1.165, 1.54) is 0 Å². The Balaban J connectivity index is 1.65. The lowest BCUT2D eigenvalue weighted by atomic mass is 10.2. The summed E-state index contributed by atoms with van der Waals surface area (Å²) in [6.45, 7) is 4.43. The second-order valence-electron chi connectivity index (χ2n) is 6.26. The largest absolute Gasteiger partial charge is 0.493 e. The van der Waals surface area contributed by atoms with Crippen molar-refractivity contribution in [3.8, 4) is 5.88 Å². The number of hydrogen-bond donors (Lipinski definition) is 1. The molecular formula is C20H19N5O2. The van der Waals surface area contributed by atoms with E-state index < -0.39 is 5.91 Å². The van der Waals surface area contributed by atoms with Crippen molar-refractivity contribution in [2.45, 2.75) is 26.9 Å². The number of imidazole rings is 1. The van der Waals surface area contributed by atoms with Crippen LogP contribution in [-0.2, 0) is 17.9 Å². The highest BCUT2D eigenvalue weighted by Crippen LogP contribution is 2.38. The van der Waals surface area contributed by atoms with Crippen LogP contribution < -0.4 is 0 Å². The first-order chi connectivity index (χ1) is 13.1. The predicted octanol–water partition coefficient (Wildman–Crippen LogP) is 4.34. The molecule has 0 aliphatic heterocycles. The van der Waals surface area contributed by atoms with E-state index in [1.54, 1.807) is 4.57 Å². The lowest BCUT2D eigenvalue weighted by molar-refractivity contribution is -0.118. The number of carbonyl (C=O) groups is 1. The molecule has 0 radical (unpaired) electrons. The van der Waals surface area contributed by atoms with Gasteiger partial charge in [-0.05, 0) is 32.0 Å². The summed E-state index contributed by atoms with van der Waals surface area (Å²) in [4.78, 5) is 16.9. The van der Waals surface area contributed by atoms with E-state index in [0.717, 1.165) is 27.8 Å². The number of rotatable bonds is 4. The Morgan fingerprint density at radius 3 is 2.56 bits per heavy atom. The maximum absolute atomic E-state index is 12.4. The van der Waals surface area contributed by atoms with Crippen molar-refractivity contribution in [1.82, 2.24) is 14.1 Å². The van der Waals surface area contributed by atoms with Crippen LogP contribution in [0.2, 0.25) is 0 Å². The number of hydrogen-bond acceptors (Lipinski definition) is 4. The number of azo groups is 1. The van der Waals surface area contributed by atoms with E-state index in [0.29, 0.717) is 12.2 Å². The summed E-state index contributed by atoms with van der Waals surface area (Å²) in [6, 6.07) is 15.2. The van der Waals surface area contributed by atoms with Gasteiger partial charge in [-0.15, -0.1) is 10.2 Å². The number of aromatic nitrogens is 3. The molecule has 7 nitrogen and oxygen atoms in total. The van der Waals surface area contributed by atoms with Gasteiger partial charge >= 0.3 is 0 Å². The molecule has 0 atom stereocenters. The third-order valence-electron chi connectivity index (χ3n) is 4.63. The fourth-order valence-electron chi connectivity index (χ4n) is 3.36. The smallest absolute Gasteiger partial charge is 0.284 e. The first-order valence-electron chi connectivity index (χ1n) is 8.76. The van der Waals surface area contributed by atoms with Crippen LogP contribution in [0.4, 0.5) is 5.69 Å². The molecule has 2 heterocycles. The summed E-state index contributed by atoms with van der Waals surface area (Å²) >= 11 is 0. The molecule has 0 bridgehead atoms. The summed E-state index contributed by atoms with van der Waals surface area (Å²) in [7, 11) is 0. The number of para-hydroxylation sites is 3. The second kappa shape index (κ2) is 6.68. The van der Waals surface area contributed by atoms with Gasteiger partial charge in [0.1, 0.15) is 12.4 Å². The van der Waals surface area contributed by atoms with E-state index in [4.69, 9.17) is 0 Å². The van der Waals surface area contributed by atoms with Gasteiger partial charge in [0.15, 0.2) is 5.69 Å². The standard InChI is InChI=1S/C20H19N5O2/c1-3-24-16-10-6-4-8-14(16)19(20(24)27)23-22-18(26)12-25-13(2)21-15-9-5-7-11-17(15)25/h4-11,27H,3,12H2,1-2H3. The Kier molecular flexibility index (Phi) is 4.19. The van der Waals surface area contributed by atoms with Crippen LogP contribution in [0.15, 0.2) is 58.8 Å². The van der Waals surface area contributed by atoms with E-state index in [-0.39, 0.29) is 12.4 Å². The number of nitrogens with zero attached hydrogens (tertiary/aromatic N) is 5. The molecule has 0 spiro atoms. The maximum atomic E-state index is 12.4. The molecule has 0 fully saturated rings. The van der Waals surface area contributed by atoms with E-state index >= 15 is 0 Å². The molecule has 7 heteroatoms. The fourth-order valence-corrected chi connectivity index (χ4v) is 3.36. The van der Waals surface area contributed by atoms with Crippen molar-refractivity contribution >= 4 is 33.5 Å². The minimum atomic E-state index is -0.408. The van der Waals surface area contributed by atoms with Crippen LogP contribution in [0.25, 0.3) is 21.9 Å². The molecule has 0 saturated carbocycles. The molecule has 4 aromatic rings. The Hall–Kier alpha value is -3.48. The quantitative estimate of drug-likeness (QED) is 0.549. The van der Waals surface area contributed by atoms with Crippen molar-refractivity contribution in [2.75, 3.05) is 0 Å². The number of fused-ring (bicyclic) bond motifs is 2. The minimum Gasteiger partial charge on any atom is -0.493 e. The monoisotopic (exact) mass is 361 g/mol. The van der Waals surface area contributed by atoms with Crippen LogP contribution in [-0.4, -0.2) is 25.1 Å². The average molecular weight is 361 g/mol. The molecule has 0 aliphatic carbocycles. The summed E-state index contributed by atoms with van der Waals surface area (Å²) < 4.78 is 3.55. The first kappa shape index (κ1) is 17.0. The zero-order valence-electron chi connectivity index (χ0n) is 15.1. The number of benzene rings is 2.